The Hall–Kier alpha value is -2.22. The SMILES string of the molecule is O=C(c1cn[nH]c1)N1CC[C@](O)(c2ccccc2)[C@H](N2CCOCC2)C1. The Morgan fingerprint density at radius 1 is 1.23 bits per heavy atom. The van der Waals surface area contributed by atoms with Gasteiger partial charge in [0.15, 0.2) is 0 Å². The number of hydrogen-bond acceptors (Lipinski definition) is 5. The summed E-state index contributed by atoms with van der Waals surface area (Å²) in [6.45, 7) is 3.81. The van der Waals surface area contributed by atoms with Crippen molar-refractivity contribution in [3.63, 3.8) is 0 Å². The van der Waals surface area contributed by atoms with Gasteiger partial charge in [0.25, 0.3) is 5.91 Å². The van der Waals surface area contributed by atoms with E-state index in [0.29, 0.717) is 38.3 Å². The first-order valence-corrected chi connectivity index (χ1v) is 9.06. The number of carbonyl (C=O) groups is 1. The number of amides is 1. The second kappa shape index (κ2) is 7.19. The number of aromatic amines is 1. The molecule has 7 heteroatoms. The second-order valence-electron chi connectivity index (χ2n) is 6.94. The maximum Gasteiger partial charge on any atom is 0.257 e. The number of carbonyl (C=O) groups excluding carboxylic acids is 1. The average Bonchev–Trinajstić information content (AvgIpc) is 3.24. The molecule has 3 heterocycles. The van der Waals surface area contributed by atoms with Gasteiger partial charge < -0.3 is 14.7 Å². The third kappa shape index (κ3) is 3.13. The van der Waals surface area contributed by atoms with Gasteiger partial charge in [-0.05, 0) is 12.0 Å². The predicted molar refractivity (Wildman–Crippen MR) is 95.6 cm³/mol. The number of likely N-dealkylation sites (tertiary alicyclic amines) is 1. The number of hydrogen-bond donors (Lipinski definition) is 2. The number of piperidine rings is 1. The van der Waals surface area contributed by atoms with E-state index in [9.17, 15) is 9.90 Å². The van der Waals surface area contributed by atoms with Gasteiger partial charge >= 0.3 is 0 Å². The van der Waals surface area contributed by atoms with Crippen LogP contribution in [0, 0.1) is 0 Å². The minimum Gasteiger partial charge on any atom is -0.383 e. The van der Waals surface area contributed by atoms with Gasteiger partial charge in [0.2, 0.25) is 0 Å². The lowest BCUT2D eigenvalue weighted by Crippen LogP contribution is -2.63. The van der Waals surface area contributed by atoms with Crippen molar-refractivity contribution in [2.45, 2.75) is 18.1 Å². The zero-order valence-electron chi connectivity index (χ0n) is 14.7. The Kier molecular flexibility index (Phi) is 4.76. The van der Waals surface area contributed by atoms with Crippen LogP contribution < -0.4 is 0 Å². The van der Waals surface area contributed by atoms with E-state index in [4.69, 9.17) is 4.74 Å². The van der Waals surface area contributed by atoms with Crippen LogP contribution in [-0.4, -0.2) is 76.4 Å². The summed E-state index contributed by atoms with van der Waals surface area (Å²) in [6, 6.07) is 9.63. The van der Waals surface area contributed by atoms with Gasteiger partial charge in [-0.25, -0.2) is 0 Å². The van der Waals surface area contributed by atoms with Crippen molar-refractivity contribution in [2.75, 3.05) is 39.4 Å². The van der Waals surface area contributed by atoms with Crippen LogP contribution in [0.4, 0.5) is 0 Å². The van der Waals surface area contributed by atoms with Gasteiger partial charge in [0.1, 0.15) is 5.60 Å². The Balaban J connectivity index is 1.62. The number of aliphatic hydroxyl groups is 1. The van der Waals surface area contributed by atoms with Gasteiger partial charge in [-0.3, -0.25) is 14.8 Å². The molecule has 1 amide bonds. The summed E-state index contributed by atoms with van der Waals surface area (Å²) in [7, 11) is 0. The smallest absolute Gasteiger partial charge is 0.257 e. The Morgan fingerprint density at radius 2 is 2.00 bits per heavy atom. The summed E-state index contributed by atoms with van der Waals surface area (Å²) in [5, 5.41) is 18.2. The van der Waals surface area contributed by atoms with Crippen LogP contribution in [0.25, 0.3) is 0 Å². The lowest BCUT2D eigenvalue weighted by molar-refractivity contribution is -0.112. The topological polar surface area (TPSA) is 81.7 Å². The molecular weight excluding hydrogens is 332 g/mol. The quantitative estimate of drug-likeness (QED) is 0.852. The van der Waals surface area contributed by atoms with Crippen LogP contribution in [0.3, 0.4) is 0 Å². The van der Waals surface area contributed by atoms with E-state index in [2.05, 4.69) is 15.1 Å². The molecule has 0 aliphatic carbocycles. The number of nitrogens with one attached hydrogen (secondary N) is 1. The van der Waals surface area contributed by atoms with Crippen LogP contribution in [-0.2, 0) is 10.3 Å². The van der Waals surface area contributed by atoms with E-state index < -0.39 is 5.60 Å². The number of rotatable bonds is 3. The van der Waals surface area contributed by atoms with Crippen LogP contribution in [0.2, 0.25) is 0 Å². The van der Waals surface area contributed by atoms with Gasteiger partial charge in [-0.15, -0.1) is 0 Å². The first kappa shape index (κ1) is 17.2. The van der Waals surface area contributed by atoms with Crippen molar-refractivity contribution in [2.24, 2.45) is 0 Å². The normalized spacial score (nSPS) is 27.4. The molecule has 0 bridgehead atoms. The molecule has 138 valence electrons. The standard InChI is InChI=1S/C19H24N4O3/c24-18(15-12-20-21-13-15)23-7-6-19(25,16-4-2-1-3-5-16)17(14-23)22-8-10-26-11-9-22/h1-5,12-13,17,25H,6-11,14H2,(H,20,21)/t17-,19+/m1/s1. The molecule has 1 aromatic carbocycles. The summed E-state index contributed by atoms with van der Waals surface area (Å²) in [4.78, 5) is 16.9. The van der Waals surface area contributed by atoms with E-state index in [0.717, 1.165) is 18.7 Å². The Labute approximate surface area is 152 Å². The number of ether oxygens (including phenoxy) is 1. The lowest BCUT2D eigenvalue weighted by Gasteiger charge is -2.50. The largest absolute Gasteiger partial charge is 0.383 e. The fraction of sp³-hybridized carbons (Fsp3) is 0.474. The molecule has 26 heavy (non-hydrogen) atoms. The molecule has 2 fully saturated rings. The molecule has 2 N–H and O–H groups in total. The molecule has 1 aromatic heterocycles. The van der Waals surface area contributed by atoms with Crippen molar-refractivity contribution in [3.8, 4) is 0 Å². The van der Waals surface area contributed by atoms with Crippen LogP contribution >= 0.6 is 0 Å². The van der Waals surface area contributed by atoms with Gasteiger partial charge in [0.05, 0.1) is 31.0 Å². The Morgan fingerprint density at radius 3 is 2.69 bits per heavy atom. The molecular formula is C19H24N4O3. The minimum atomic E-state index is -0.980. The van der Waals surface area contributed by atoms with E-state index in [1.807, 2.05) is 35.2 Å². The second-order valence-corrected chi connectivity index (χ2v) is 6.94. The van der Waals surface area contributed by atoms with Gasteiger partial charge in [0, 0.05) is 32.4 Å². The van der Waals surface area contributed by atoms with Crippen LogP contribution in [0.5, 0.6) is 0 Å². The van der Waals surface area contributed by atoms with E-state index in [1.54, 1.807) is 12.4 Å². The third-order valence-corrected chi connectivity index (χ3v) is 5.50. The fourth-order valence-electron chi connectivity index (χ4n) is 4.03. The minimum absolute atomic E-state index is 0.0490. The van der Waals surface area contributed by atoms with Crippen molar-refractivity contribution < 1.29 is 14.6 Å². The highest BCUT2D eigenvalue weighted by molar-refractivity contribution is 5.93. The lowest BCUT2D eigenvalue weighted by atomic mass is 9.79. The van der Waals surface area contributed by atoms with E-state index in [1.165, 1.54) is 0 Å². The van der Waals surface area contributed by atoms with Gasteiger partial charge in [-0.1, -0.05) is 30.3 Å². The first-order valence-electron chi connectivity index (χ1n) is 9.06. The van der Waals surface area contributed by atoms with E-state index >= 15 is 0 Å². The molecule has 0 saturated carbocycles. The molecule has 4 rings (SSSR count). The number of morpholine rings is 1. The maximum absolute atomic E-state index is 12.8. The first-order chi connectivity index (χ1) is 12.7. The molecule has 2 aromatic rings. The zero-order valence-corrected chi connectivity index (χ0v) is 14.7. The van der Waals surface area contributed by atoms with Crippen molar-refractivity contribution in [1.82, 2.24) is 20.0 Å². The monoisotopic (exact) mass is 356 g/mol. The molecule has 2 aliphatic rings. The Bertz CT molecular complexity index is 731. The zero-order chi connectivity index (χ0) is 18.0. The summed E-state index contributed by atoms with van der Waals surface area (Å²) < 4.78 is 5.48. The van der Waals surface area contributed by atoms with Gasteiger partial charge in [-0.2, -0.15) is 5.10 Å². The van der Waals surface area contributed by atoms with Crippen molar-refractivity contribution >= 4 is 5.91 Å². The maximum atomic E-state index is 12.8. The van der Waals surface area contributed by atoms with Crippen LogP contribution in [0.1, 0.15) is 22.3 Å². The highest BCUT2D eigenvalue weighted by Gasteiger charge is 2.47. The molecule has 2 aliphatic heterocycles. The highest BCUT2D eigenvalue weighted by atomic mass is 16.5. The van der Waals surface area contributed by atoms with Crippen molar-refractivity contribution in [1.29, 1.82) is 0 Å². The average molecular weight is 356 g/mol. The summed E-state index contributed by atoms with van der Waals surface area (Å²) in [5.74, 6) is -0.0490. The summed E-state index contributed by atoms with van der Waals surface area (Å²) in [6.07, 6.45) is 3.66. The van der Waals surface area contributed by atoms with Crippen molar-refractivity contribution in [3.05, 3.63) is 53.9 Å². The molecule has 7 nitrogen and oxygen atoms in total. The number of H-pyrrole nitrogens is 1. The third-order valence-electron chi connectivity index (χ3n) is 5.50. The fourth-order valence-corrected chi connectivity index (χ4v) is 4.03. The van der Waals surface area contributed by atoms with Crippen LogP contribution in [0.15, 0.2) is 42.7 Å². The predicted octanol–water partition coefficient (Wildman–Crippen LogP) is 0.844. The molecule has 0 spiro atoms. The molecule has 2 saturated heterocycles. The number of benzene rings is 1. The molecule has 0 unspecified atom stereocenters. The number of aromatic nitrogens is 2. The number of nitrogens with zero attached hydrogens (tertiary/aromatic N) is 3. The summed E-state index contributed by atoms with van der Waals surface area (Å²) >= 11 is 0. The highest BCUT2D eigenvalue weighted by Crippen LogP contribution is 2.36. The molecule has 0 radical (unpaired) electrons. The molecule has 2 atom stereocenters. The summed E-state index contributed by atoms with van der Waals surface area (Å²) in [5.41, 5.74) is 0.481. The van der Waals surface area contributed by atoms with E-state index in [-0.39, 0.29) is 11.9 Å².